The molecule has 0 unspecified atom stereocenters. The Morgan fingerprint density at radius 1 is 1.14 bits per heavy atom. The number of carboxylic acids is 1. The van der Waals surface area contributed by atoms with Gasteiger partial charge < -0.3 is 9.52 Å². The summed E-state index contributed by atoms with van der Waals surface area (Å²) in [5, 5.41) is 8.99. The van der Waals surface area contributed by atoms with Crippen LogP contribution in [0.1, 0.15) is 35.7 Å². The van der Waals surface area contributed by atoms with E-state index in [0.717, 1.165) is 5.56 Å². The molecule has 0 aliphatic rings. The van der Waals surface area contributed by atoms with Gasteiger partial charge in [0.1, 0.15) is 5.52 Å². The van der Waals surface area contributed by atoms with Crippen LogP contribution < -0.4 is 0 Å². The first kappa shape index (κ1) is 13.4. The highest BCUT2D eigenvalue weighted by molar-refractivity contribution is 5.92. The van der Waals surface area contributed by atoms with Crippen LogP contribution in [0.4, 0.5) is 0 Å². The van der Waals surface area contributed by atoms with Gasteiger partial charge in [-0.05, 0) is 41.8 Å². The van der Waals surface area contributed by atoms with Crippen LogP contribution in [0.3, 0.4) is 0 Å². The number of aromatic carboxylic acids is 1. The molecule has 4 nitrogen and oxygen atoms in total. The summed E-state index contributed by atoms with van der Waals surface area (Å²) < 4.78 is 5.69. The average molecular weight is 281 g/mol. The van der Waals surface area contributed by atoms with Crippen LogP contribution in [0, 0.1) is 0 Å². The van der Waals surface area contributed by atoms with E-state index in [-0.39, 0.29) is 5.56 Å². The minimum Gasteiger partial charge on any atom is -0.478 e. The van der Waals surface area contributed by atoms with Gasteiger partial charge in [0.25, 0.3) is 0 Å². The van der Waals surface area contributed by atoms with Crippen LogP contribution in [-0.2, 0) is 0 Å². The summed E-state index contributed by atoms with van der Waals surface area (Å²) >= 11 is 0. The number of carboxylic acid groups (broad SMARTS) is 1. The van der Waals surface area contributed by atoms with E-state index in [9.17, 15) is 4.79 Å². The standard InChI is InChI=1S/C17H15NO3/c1-10(2)11-3-5-12(6-4-11)16-18-14-9-13(17(19)20)7-8-15(14)21-16/h3-10H,1-2H3,(H,19,20). The molecule has 2 aromatic carbocycles. The van der Waals surface area contributed by atoms with Crippen LogP contribution in [0.15, 0.2) is 46.9 Å². The molecule has 0 amide bonds. The van der Waals surface area contributed by atoms with E-state index in [2.05, 4.69) is 31.0 Å². The molecular weight excluding hydrogens is 266 g/mol. The van der Waals surface area contributed by atoms with E-state index in [1.165, 1.54) is 17.7 Å². The number of hydrogen-bond acceptors (Lipinski definition) is 3. The number of benzene rings is 2. The van der Waals surface area contributed by atoms with Crippen LogP contribution in [0.5, 0.6) is 0 Å². The zero-order chi connectivity index (χ0) is 15.0. The lowest BCUT2D eigenvalue weighted by Gasteiger charge is -2.04. The zero-order valence-corrected chi connectivity index (χ0v) is 11.8. The molecule has 21 heavy (non-hydrogen) atoms. The Balaban J connectivity index is 2.02. The van der Waals surface area contributed by atoms with Crippen molar-refractivity contribution < 1.29 is 14.3 Å². The SMILES string of the molecule is CC(C)c1ccc(-c2nc3cc(C(=O)O)ccc3o2)cc1. The van der Waals surface area contributed by atoms with Gasteiger partial charge in [-0.3, -0.25) is 0 Å². The third-order valence-electron chi connectivity index (χ3n) is 3.46. The fraction of sp³-hybridized carbons (Fsp3) is 0.176. The van der Waals surface area contributed by atoms with E-state index in [4.69, 9.17) is 9.52 Å². The molecule has 0 saturated heterocycles. The molecule has 0 fully saturated rings. The first-order valence-corrected chi connectivity index (χ1v) is 6.79. The van der Waals surface area contributed by atoms with E-state index in [0.29, 0.717) is 22.9 Å². The van der Waals surface area contributed by atoms with Crippen molar-refractivity contribution in [3.05, 3.63) is 53.6 Å². The van der Waals surface area contributed by atoms with Gasteiger partial charge >= 0.3 is 5.97 Å². The molecule has 0 saturated carbocycles. The van der Waals surface area contributed by atoms with E-state index < -0.39 is 5.97 Å². The van der Waals surface area contributed by atoms with Crippen LogP contribution in [-0.4, -0.2) is 16.1 Å². The molecule has 0 atom stereocenters. The van der Waals surface area contributed by atoms with E-state index >= 15 is 0 Å². The van der Waals surface area contributed by atoms with Gasteiger partial charge in [-0.2, -0.15) is 0 Å². The number of aromatic nitrogens is 1. The maximum absolute atomic E-state index is 11.0. The number of oxazole rings is 1. The summed E-state index contributed by atoms with van der Waals surface area (Å²) in [6, 6.07) is 12.7. The van der Waals surface area contributed by atoms with Gasteiger partial charge in [0.05, 0.1) is 5.56 Å². The second-order valence-electron chi connectivity index (χ2n) is 5.28. The molecule has 0 radical (unpaired) electrons. The fourth-order valence-electron chi connectivity index (χ4n) is 2.19. The van der Waals surface area contributed by atoms with E-state index in [1.54, 1.807) is 6.07 Å². The van der Waals surface area contributed by atoms with Gasteiger partial charge in [-0.25, -0.2) is 9.78 Å². The fourth-order valence-corrected chi connectivity index (χ4v) is 2.19. The molecule has 106 valence electrons. The molecule has 3 aromatic rings. The third kappa shape index (κ3) is 2.52. The maximum atomic E-state index is 11.0. The van der Waals surface area contributed by atoms with Gasteiger partial charge in [0.2, 0.25) is 5.89 Å². The first-order valence-electron chi connectivity index (χ1n) is 6.79. The van der Waals surface area contributed by atoms with Gasteiger partial charge in [-0.15, -0.1) is 0 Å². The third-order valence-corrected chi connectivity index (χ3v) is 3.46. The van der Waals surface area contributed by atoms with Crippen molar-refractivity contribution in [1.29, 1.82) is 0 Å². The lowest BCUT2D eigenvalue weighted by atomic mass is 10.0. The first-order chi connectivity index (χ1) is 10.0. The van der Waals surface area contributed by atoms with Gasteiger partial charge in [0, 0.05) is 5.56 Å². The van der Waals surface area contributed by atoms with Crippen LogP contribution in [0.25, 0.3) is 22.6 Å². The van der Waals surface area contributed by atoms with Crippen molar-refractivity contribution in [3.8, 4) is 11.5 Å². The molecular formula is C17H15NO3. The van der Waals surface area contributed by atoms with Gasteiger partial charge in [0.15, 0.2) is 5.58 Å². The predicted octanol–water partition coefficient (Wildman–Crippen LogP) is 4.32. The van der Waals surface area contributed by atoms with Crippen molar-refractivity contribution in [2.24, 2.45) is 0 Å². The lowest BCUT2D eigenvalue weighted by Crippen LogP contribution is -1.94. The predicted molar refractivity (Wildman–Crippen MR) is 80.5 cm³/mol. The molecule has 1 aromatic heterocycles. The second-order valence-corrected chi connectivity index (χ2v) is 5.28. The van der Waals surface area contributed by atoms with Crippen molar-refractivity contribution >= 4 is 17.1 Å². The summed E-state index contributed by atoms with van der Waals surface area (Å²) in [6.07, 6.45) is 0. The number of nitrogens with zero attached hydrogens (tertiary/aromatic N) is 1. The monoisotopic (exact) mass is 281 g/mol. The minimum absolute atomic E-state index is 0.206. The Kier molecular flexibility index (Phi) is 3.22. The number of fused-ring (bicyclic) bond motifs is 1. The van der Waals surface area contributed by atoms with Crippen molar-refractivity contribution in [2.75, 3.05) is 0 Å². The Hall–Kier alpha value is -2.62. The molecule has 1 heterocycles. The average Bonchev–Trinajstić information content (AvgIpc) is 2.90. The summed E-state index contributed by atoms with van der Waals surface area (Å²) in [4.78, 5) is 15.3. The molecule has 0 aliphatic heterocycles. The van der Waals surface area contributed by atoms with Crippen molar-refractivity contribution in [3.63, 3.8) is 0 Å². The van der Waals surface area contributed by atoms with Crippen LogP contribution in [0.2, 0.25) is 0 Å². The molecule has 0 bridgehead atoms. The molecule has 0 spiro atoms. The van der Waals surface area contributed by atoms with Crippen molar-refractivity contribution in [2.45, 2.75) is 19.8 Å². The summed E-state index contributed by atoms with van der Waals surface area (Å²) in [6.45, 7) is 4.28. The smallest absolute Gasteiger partial charge is 0.335 e. The normalized spacial score (nSPS) is 11.2. The Labute approximate surface area is 122 Å². The summed E-state index contributed by atoms with van der Waals surface area (Å²) in [5.74, 6) is 0.00592. The summed E-state index contributed by atoms with van der Waals surface area (Å²) in [5.41, 5.74) is 3.48. The van der Waals surface area contributed by atoms with Crippen LogP contribution >= 0.6 is 0 Å². The maximum Gasteiger partial charge on any atom is 0.335 e. The quantitative estimate of drug-likeness (QED) is 0.776. The highest BCUT2D eigenvalue weighted by atomic mass is 16.4. The highest BCUT2D eigenvalue weighted by Gasteiger charge is 2.11. The van der Waals surface area contributed by atoms with Gasteiger partial charge in [-0.1, -0.05) is 26.0 Å². The Bertz CT molecular complexity index is 801. The molecule has 3 rings (SSSR count). The number of rotatable bonds is 3. The zero-order valence-electron chi connectivity index (χ0n) is 11.8. The molecule has 4 heteroatoms. The second kappa shape index (κ2) is 5.05. The lowest BCUT2D eigenvalue weighted by molar-refractivity contribution is 0.0697. The topological polar surface area (TPSA) is 63.3 Å². The Morgan fingerprint density at radius 2 is 1.86 bits per heavy atom. The summed E-state index contributed by atoms with van der Waals surface area (Å²) in [7, 11) is 0. The highest BCUT2D eigenvalue weighted by Crippen LogP contribution is 2.26. The Morgan fingerprint density at radius 3 is 2.48 bits per heavy atom. The number of hydrogen-bond donors (Lipinski definition) is 1. The molecule has 1 N–H and O–H groups in total. The number of carbonyl (C=O) groups is 1. The largest absolute Gasteiger partial charge is 0.478 e. The van der Waals surface area contributed by atoms with E-state index in [1.807, 2.05) is 12.1 Å². The minimum atomic E-state index is -0.970. The molecule has 0 aliphatic carbocycles. The van der Waals surface area contributed by atoms with Crippen molar-refractivity contribution in [1.82, 2.24) is 4.98 Å².